The second-order valence-corrected chi connectivity index (χ2v) is 17.0. The van der Waals surface area contributed by atoms with Gasteiger partial charge in [0, 0.05) is 43.0 Å². The minimum absolute atomic E-state index is 0.0478. The summed E-state index contributed by atoms with van der Waals surface area (Å²) in [6.45, 7) is 7.75. The molecule has 0 unspecified atom stereocenters. The molecule has 13 nitrogen and oxygen atoms in total. The number of carbonyl (C=O) groups is 3. The molecule has 0 spiro atoms. The van der Waals surface area contributed by atoms with Crippen LogP contribution in [-0.4, -0.2) is 81.1 Å². The quantitative estimate of drug-likeness (QED) is 0.117. The second-order valence-electron chi connectivity index (χ2n) is 17.0. The SMILES string of the molecule is CC[C@H](C)CC(=O)N1[C@@H](C)CC[C@H]1c1ncc(-c2ccc3c(c2)COc2cc4c(ccc5nc([C@@H]6C[C@H](COC)CN6C(=O)[C@H](NC(=O)OC)c6ccccc6)[nH]c54)cc2-3)[nH]1. The molecule has 6 aromatic rings. The molecular weight excluding hydrogens is 771 g/mol. The molecule has 2 fully saturated rings. The van der Waals surface area contributed by atoms with Gasteiger partial charge in [-0.25, -0.2) is 14.8 Å². The Morgan fingerprint density at radius 3 is 2.59 bits per heavy atom. The zero-order chi connectivity index (χ0) is 42.4. The van der Waals surface area contributed by atoms with E-state index in [1.165, 1.54) is 7.11 Å². The fraction of sp³-hybridized carbons (Fsp3) is 0.396. The summed E-state index contributed by atoms with van der Waals surface area (Å²) in [5, 5.41) is 4.75. The molecular formula is C48H53N7O6. The molecule has 0 saturated carbocycles. The van der Waals surface area contributed by atoms with E-state index in [4.69, 9.17) is 24.2 Å². The predicted molar refractivity (Wildman–Crippen MR) is 232 cm³/mol. The van der Waals surface area contributed by atoms with Gasteiger partial charge in [0.2, 0.25) is 5.91 Å². The number of benzene rings is 4. The maximum Gasteiger partial charge on any atom is 0.407 e. The van der Waals surface area contributed by atoms with Gasteiger partial charge in [-0.2, -0.15) is 0 Å². The van der Waals surface area contributed by atoms with Gasteiger partial charge in [-0.3, -0.25) is 9.59 Å². The van der Waals surface area contributed by atoms with Crippen molar-refractivity contribution in [1.82, 2.24) is 35.1 Å². The maximum absolute atomic E-state index is 14.4. The van der Waals surface area contributed by atoms with E-state index in [2.05, 4.69) is 72.5 Å². The molecule has 6 atom stereocenters. The minimum atomic E-state index is -0.940. The van der Waals surface area contributed by atoms with Crippen molar-refractivity contribution in [2.75, 3.05) is 27.4 Å². The number of amides is 3. The zero-order valence-corrected chi connectivity index (χ0v) is 35.4. The van der Waals surface area contributed by atoms with Gasteiger partial charge in [0.25, 0.3) is 5.91 Å². The van der Waals surface area contributed by atoms with E-state index in [9.17, 15) is 14.4 Å². The highest BCUT2D eigenvalue weighted by atomic mass is 16.5. The highest BCUT2D eigenvalue weighted by Crippen LogP contribution is 2.44. The van der Waals surface area contributed by atoms with Crippen LogP contribution in [0, 0.1) is 11.8 Å². The zero-order valence-electron chi connectivity index (χ0n) is 35.4. The number of aromatic nitrogens is 4. The van der Waals surface area contributed by atoms with E-state index in [1.54, 1.807) is 12.0 Å². The van der Waals surface area contributed by atoms with Crippen molar-refractivity contribution in [2.24, 2.45) is 11.8 Å². The smallest absolute Gasteiger partial charge is 0.407 e. The number of rotatable bonds is 11. The fourth-order valence-electron chi connectivity index (χ4n) is 9.57. The number of carbonyl (C=O) groups excluding carboxylic acids is 3. The number of hydrogen-bond acceptors (Lipinski definition) is 8. The van der Waals surface area contributed by atoms with Crippen molar-refractivity contribution in [2.45, 2.75) is 83.6 Å². The molecule has 9 rings (SSSR count). The number of hydrogen-bond donors (Lipinski definition) is 3. The highest BCUT2D eigenvalue weighted by Gasteiger charge is 2.42. The first kappa shape index (κ1) is 40.2. The number of aromatic amines is 2. The lowest BCUT2D eigenvalue weighted by atomic mass is 9.92. The third kappa shape index (κ3) is 7.60. The van der Waals surface area contributed by atoms with Crippen LogP contribution >= 0.6 is 0 Å². The number of alkyl carbamates (subject to hydrolysis) is 1. The van der Waals surface area contributed by atoms with Gasteiger partial charge in [0.05, 0.1) is 48.7 Å². The Morgan fingerprint density at radius 1 is 0.967 bits per heavy atom. The molecule has 2 saturated heterocycles. The van der Waals surface area contributed by atoms with Crippen LogP contribution < -0.4 is 10.1 Å². The molecule has 0 radical (unpaired) electrons. The first-order valence-electron chi connectivity index (χ1n) is 21.4. The number of likely N-dealkylation sites (tertiary alicyclic amines) is 2. The molecule has 3 N–H and O–H groups in total. The van der Waals surface area contributed by atoms with Crippen molar-refractivity contribution in [3.63, 3.8) is 0 Å². The van der Waals surface area contributed by atoms with Gasteiger partial charge in [0.15, 0.2) is 0 Å². The lowest BCUT2D eigenvalue weighted by Gasteiger charge is -2.28. The Morgan fingerprint density at radius 2 is 1.80 bits per heavy atom. The van der Waals surface area contributed by atoms with E-state index in [1.807, 2.05) is 47.5 Å². The predicted octanol–water partition coefficient (Wildman–Crippen LogP) is 8.79. The van der Waals surface area contributed by atoms with Gasteiger partial charge in [0.1, 0.15) is 30.0 Å². The van der Waals surface area contributed by atoms with Crippen molar-refractivity contribution in [3.05, 3.63) is 102 Å². The highest BCUT2D eigenvalue weighted by molar-refractivity contribution is 6.07. The number of methoxy groups -OCH3 is 2. The number of imidazole rings is 2. The molecule has 4 aromatic carbocycles. The number of ether oxygens (including phenoxy) is 3. The molecule has 13 heteroatoms. The summed E-state index contributed by atoms with van der Waals surface area (Å²) >= 11 is 0. The van der Waals surface area contributed by atoms with E-state index in [0.29, 0.717) is 49.9 Å². The summed E-state index contributed by atoms with van der Waals surface area (Å²) in [6.07, 6.45) is 5.25. The molecule has 5 heterocycles. The van der Waals surface area contributed by atoms with Crippen LogP contribution in [0.25, 0.3) is 44.2 Å². The van der Waals surface area contributed by atoms with Crippen molar-refractivity contribution < 1.29 is 28.6 Å². The maximum atomic E-state index is 14.4. The van der Waals surface area contributed by atoms with E-state index >= 15 is 0 Å². The Balaban J connectivity index is 0.992. The average Bonchev–Trinajstić information content (AvgIpc) is 4.10. The molecule has 3 aliphatic heterocycles. The van der Waals surface area contributed by atoms with Gasteiger partial charge < -0.3 is 39.3 Å². The van der Waals surface area contributed by atoms with E-state index in [0.717, 1.165) is 80.6 Å². The summed E-state index contributed by atoms with van der Waals surface area (Å²) in [7, 11) is 2.95. The molecule has 0 bridgehead atoms. The topological polar surface area (TPSA) is 155 Å². The Kier molecular flexibility index (Phi) is 11.0. The van der Waals surface area contributed by atoms with E-state index in [-0.39, 0.29) is 35.9 Å². The molecule has 3 aliphatic rings. The van der Waals surface area contributed by atoms with E-state index < -0.39 is 12.1 Å². The first-order chi connectivity index (χ1) is 29.6. The summed E-state index contributed by atoms with van der Waals surface area (Å²) < 4.78 is 16.9. The Labute approximate surface area is 355 Å². The largest absolute Gasteiger partial charge is 0.488 e. The van der Waals surface area contributed by atoms with Crippen LogP contribution in [0.4, 0.5) is 4.79 Å². The lowest BCUT2D eigenvalue weighted by molar-refractivity contribution is -0.135. The van der Waals surface area contributed by atoms with Crippen molar-refractivity contribution >= 4 is 39.7 Å². The Bertz CT molecular complexity index is 2600. The number of nitrogens with zero attached hydrogens (tertiary/aromatic N) is 4. The van der Waals surface area contributed by atoms with Gasteiger partial charge in [-0.1, -0.05) is 68.8 Å². The Hall–Kier alpha value is -6.21. The molecule has 3 amide bonds. The standard InChI is InChI=1S/C48H53N7O6/c1-6-27(2)18-42(56)55-28(3)12-17-39(55)45-49-23-38(51-45)32-13-15-34-33(20-32)26-61-41-22-35-31(21-36(34)41)14-16-37-44(35)52-46(50-37)40-19-29(25-59-4)24-54(40)47(57)43(53-48(58)60-5)30-10-8-7-9-11-30/h7-11,13-16,20-23,27-29,39-40,43H,6,12,17-19,24-26H2,1-5H3,(H,49,51)(H,50,52)(H,53,58)/t27-,28-,29-,39-,40-,43+/m0/s1. The second kappa shape index (κ2) is 16.7. The summed E-state index contributed by atoms with van der Waals surface area (Å²) in [5.74, 6) is 2.69. The average molecular weight is 824 g/mol. The summed E-state index contributed by atoms with van der Waals surface area (Å²) in [6, 6.07) is 22.8. The summed E-state index contributed by atoms with van der Waals surface area (Å²) in [5.41, 5.74) is 7.45. The number of H-pyrrole nitrogens is 2. The molecule has 61 heavy (non-hydrogen) atoms. The van der Waals surface area contributed by atoms with Crippen molar-refractivity contribution in [3.8, 4) is 28.1 Å². The van der Waals surface area contributed by atoms with Crippen LogP contribution in [0.2, 0.25) is 0 Å². The summed E-state index contributed by atoms with van der Waals surface area (Å²) in [4.78, 5) is 61.1. The van der Waals surface area contributed by atoms with Gasteiger partial charge in [-0.05, 0) is 84.0 Å². The first-order valence-corrected chi connectivity index (χ1v) is 21.4. The third-order valence-corrected chi connectivity index (χ3v) is 13.0. The van der Waals surface area contributed by atoms with Gasteiger partial charge >= 0.3 is 6.09 Å². The normalized spacial score (nSPS) is 20.6. The third-order valence-electron chi connectivity index (χ3n) is 13.0. The van der Waals surface area contributed by atoms with Crippen LogP contribution in [0.3, 0.4) is 0 Å². The molecule has 0 aliphatic carbocycles. The van der Waals surface area contributed by atoms with Crippen LogP contribution in [0.1, 0.15) is 93.8 Å². The minimum Gasteiger partial charge on any atom is -0.488 e. The number of fused-ring (bicyclic) bond motifs is 6. The monoisotopic (exact) mass is 823 g/mol. The molecule has 2 aromatic heterocycles. The molecule has 316 valence electrons. The van der Waals surface area contributed by atoms with Crippen LogP contribution in [0.5, 0.6) is 5.75 Å². The van der Waals surface area contributed by atoms with Crippen molar-refractivity contribution in [1.29, 1.82) is 0 Å². The number of nitrogens with one attached hydrogen (secondary N) is 3. The lowest BCUT2D eigenvalue weighted by Crippen LogP contribution is -2.43. The van der Waals surface area contributed by atoms with Crippen LogP contribution in [-0.2, 0) is 25.7 Å². The van der Waals surface area contributed by atoms with Gasteiger partial charge in [-0.15, -0.1) is 0 Å². The fourth-order valence-corrected chi connectivity index (χ4v) is 9.57. The van der Waals surface area contributed by atoms with Crippen LogP contribution in [0.15, 0.2) is 79.0 Å².